The lowest BCUT2D eigenvalue weighted by molar-refractivity contribution is -0.142. The third-order valence-corrected chi connectivity index (χ3v) is 4.42. The Kier molecular flexibility index (Phi) is 6.38. The minimum atomic E-state index is -1.04. The number of urea groups is 1. The highest BCUT2D eigenvalue weighted by Crippen LogP contribution is 2.18. The van der Waals surface area contributed by atoms with Gasteiger partial charge in [0, 0.05) is 39.5 Å². The Labute approximate surface area is 147 Å². The molecule has 2 rings (SSSR count). The highest BCUT2D eigenvalue weighted by molar-refractivity contribution is 5.85. The van der Waals surface area contributed by atoms with Gasteiger partial charge in [-0.3, -0.25) is 4.79 Å². The summed E-state index contributed by atoms with van der Waals surface area (Å²) in [6, 6.07) is 8.21. The van der Waals surface area contributed by atoms with Gasteiger partial charge in [-0.05, 0) is 18.4 Å². The second kappa shape index (κ2) is 8.50. The molecule has 136 valence electrons. The first kappa shape index (κ1) is 18.8. The third kappa shape index (κ3) is 5.20. The number of carboxylic acid groups (broad SMARTS) is 1. The fourth-order valence-electron chi connectivity index (χ4n) is 2.96. The highest BCUT2D eigenvalue weighted by atomic mass is 16.4. The molecule has 1 aliphatic heterocycles. The normalized spacial score (nSPS) is 16.2. The smallest absolute Gasteiger partial charge is 0.326 e. The number of carbonyl (C=O) groups excluding carboxylic acids is 2. The number of nitrogens with zero attached hydrogens (tertiary/aromatic N) is 2. The zero-order valence-electron chi connectivity index (χ0n) is 14.6. The fourth-order valence-corrected chi connectivity index (χ4v) is 2.96. The number of likely N-dealkylation sites (tertiary alicyclic amines) is 1. The van der Waals surface area contributed by atoms with Crippen LogP contribution >= 0.6 is 0 Å². The van der Waals surface area contributed by atoms with Crippen LogP contribution in [0.3, 0.4) is 0 Å². The maximum absolute atomic E-state index is 12.4. The van der Waals surface area contributed by atoms with E-state index >= 15 is 0 Å². The van der Waals surface area contributed by atoms with Crippen LogP contribution in [0.4, 0.5) is 4.79 Å². The second-order valence-corrected chi connectivity index (χ2v) is 6.53. The van der Waals surface area contributed by atoms with Crippen molar-refractivity contribution in [1.82, 2.24) is 15.1 Å². The standard InChI is InChI=1S/C18H25N3O4/c1-20(2)18(25)21-10-8-14(9-11-21)16(22)19-15(17(23)24)12-13-6-4-3-5-7-13/h3-7,14-15H,8-12H2,1-2H3,(H,19,22)(H,23,24)/t15-/m0/s1. The van der Waals surface area contributed by atoms with E-state index in [1.54, 1.807) is 19.0 Å². The number of aliphatic carboxylic acids is 1. The van der Waals surface area contributed by atoms with E-state index in [-0.39, 0.29) is 24.3 Å². The van der Waals surface area contributed by atoms with Crippen LogP contribution in [0.15, 0.2) is 30.3 Å². The zero-order chi connectivity index (χ0) is 18.4. The third-order valence-electron chi connectivity index (χ3n) is 4.42. The lowest BCUT2D eigenvalue weighted by atomic mass is 9.95. The summed E-state index contributed by atoms with van der Waals surface area (Å²) in [7, 11) is 3.39. The van der Waals surface area contributed by atoms with Crippen LogP contribution in [0.1, 0.15) is 18.4 Å². The number of carboxylic acids is 1. The minimum Gasteiger partial charge on any atom is -0.480 e. The Hall–Kier alpha value is -2.57. The largest absolute Gasteiger partial charge is 0.480 e. The number of amides is 3. The molecule has 0 aromatic heterocycles. The van der Waals surface area contributed by atoms with Crippen LogP contribution in [-0.2, 0) is 16.0 Å². The molecule has 1 aromatic rings. The van der Waals surface area contributed by atoms with Gasteiger partial charge in [0.25, 0.3) is 0 Å². The summed E-state index contributed by atoms with van der Waals surface area (Å²) in [5.41, 5.74) is 0.863. The number of rotatable bonds is 5. The Balaban J connectivity index is 1.89. The summed E-state index contributed by atoms with van der Waals surface area (Å²) in [4.78, 5) is 39.0. The molecule has 1 aromatic carbocycles. The maximum Gasteiger partial charge on any atom is 0.326 e. The summed E-state index contributed by atoms with van der Waals surface area (Å²) >= 11 is 0. The van der Waals surface area contributed by atoms with Crippen molar-refractivity contribution in [2.24, 2.45) is 5.92 Å². The molecule has 0 saturated carbocycles. The van der Waals surface area contributed by atoms with Crippen molar-refractivity contribution in [3.63, 3.8) is 0 Å². The molecule has 1 saturated heterocycles. The molecule has 1 atom stereocenters. The molecule has 0 spiro atoms. The van der Waals surface area contributed by atoms with Gasteiger partial charge < -0.3 is 20.2 Å². The van der Waals surface area contributed by atoms with Gasteiger partial charge in [-0.2, -0.15) is 0 Å². The average Bonchev–Trinajstić information content (AvgIpc) is 2.61. The van der Waals surface area contributed by atoms with Gasteiger partial charge >= 0.3 is 12.0 Å². The summed E-state index contributed by atoms with van der Waals surface area (Å²) in [5, 5.41) is 12.0. The van der Waals surface area contributed by atoms with Gasteiger partial charge in [0.05, 0.1) is 0 Å². The predicted molar refractivity (Wildman–Crippen MR) is 93.1 cm³/mol. The molecule has 0 unspecified atom stereocenters. The summed E-state index contributed by atoms with van der Waals surface area (Å²) in [6.45, 7) is 1.01. The van der Waals surface area contributed by atoms with E-state index in [0.29, 0.717) is 25.9 Å². The van der Waals surface area contributed by atoms with Gasteiger partial charge in [-0.1, -0.05) is 30.3 Å². The number of benzene rings is 1. The van der Waals surface area contributed by atoms with Crippen LogP contribution in [0.5, 0.6) is 0 Å². The zero-order valence-corrected chi connectivity index (χ0v) is 14.6. The van der Waals surface area contributed by atoms with Crippen LogP contribution < -0.4 is 5.32 Å². The van der Waals surface area contributed by atoms with E-state index in [1.165, 1.54) is 4.90 Å². The van der Waals surface area contributed by atoms with Crippen molar-refractivity contribution in [2.45, 2.75) is 25.3 Å². The quantitative estimate of drug-likeness (QED) is 0.837. The number of hydrogen-bond donors (Lipinski definition) is 2. The summed E-state index contributed by atoms with van der Waals surface area (Å²) < 4.78 is 0. The van der Waals surface area contributed by atoms with Crippen LogP contribution in [0, 0.1) is 5.92 Å². The topological polar surface area (TPSA) is 90.0 Å². The predicted octanol–water partition coefficient (Wildman–Crippen LogP) is 1.19. The van der Waals surface area contributed by atoms with E-state index in [0.717, 1.165) is 5.56 Å². The molecule has 0 bridgehead atoms. The Morgan fingerprint density at radius 1 is 1.20 bits per heavy atom. The Bertz CT molecular complexity index is 610. The van der Waals surface area contributed by atoms with E-state index < -0.39 is 12.0 Å². The minimum absolute atomic E-state index is 0.0636. The van der Waals surface area contributed by atoms with Gasteiger partial charge in [0.2, 0.25) is 5.91 Å². The first-order valence-corrected chi connectivity index (χ1v) is 8.42. The number of nitrogens with one attached hydrogen (secondary N) is 1. The van der Waals surface area contributed by atoms with Crippen molar-refractivity contribution >= 4 is 17.9 Å². The molecule has 7 nitrogen and oxygen atoms in total. The lowest BCUT2D eigenvalue weighted by Crippen LogP contribution is -2.49. The summed E-state index contributed by atoms with van der Waals surface area (Å²) in [6.07, 6.45) is 1.34. The molecule has 0 aliphatic carbocycles. The molecular formula is C18H25N3O4. The van der Waals surface area contributed by atoms with E-state index in [2.05, 4.69) is 5.32 Å². The van der Waals surface area contributed by atoms with E-state index in [9.17, 15) is 19.5 Å². The molecule has 2 N–H and O–H groups in total. The molecule has 1 fully saturated rings. The SMILES string of the molecule is CN(C)C(=O)N1CCC(C(=O)N[C@@H](Cc2ccccc2)C(=O)O)CC1. The number of carbonyl (C=O) groups is 3. The molecule has 1 heterocycles. The molecule has 0 radical (unpaired) electrons. The molecule has 3 amide bonds. The van der Waals surface area contributed by atoms with Gasteiger partial charge in [0.1, 0.15) is 6.04 Å². The van der Waals surface area contributed by atoms with Crippen molar-refractivity contribution in [2.75, 3.05) is 27.2 Å². The first-order valence-electron chi connectivity index (χ1n) is 8.42. The first-order chi connectivity index (χ1) is 11.9. The second-order valence-electron chi connectivity index (χ2n) is 6.53. The number of hydrogen-bond acceptors (Lipinski definition) is 3. The monoisotopic (exact) mass is 347 g/mol. The van der Waals surface area contributed by atoms with Crippen molar-refractivity contribution < 1.29 is 19.5 Å². The van der Waals surface area contributed by atoms with Crippen molar-refractivity contribution in [1.29, 1.82) is 0 Å². The lowest BCUT2D eigenvalue weighted by Gasteiger charge is -2.33. The van der Waals surface area contributed by atoms with Gasteiger partial charge in [-0.25, -0.2) is 9.59 Å². The van der Waals surface area contributed by atoms with Crippen LogP contribution in [-0.4, -0.2) is 66.0 Å². The molecule has 1 aliphatic rings. The maximum atomic E-state index is 12.4. The van der Waals surface area contributed by atoms with E-state index in [4.69, 9.17) is 0 Å². The van der Waals surface area contributed by atoms with Crippen molar-refractivity contribution in [3.8, 4) is 0 Å². The Morgan fingerprint density at radius 2 is 1.80 bits per heavy atom. The molecule has 25 heavy (non-hydrogen) atoms. The Morgan fingerprint density at radius 3 is 2.32 bits per heavy atom. The van der Waals surface area contributed by atoms with Crippen LogP contribution in [0.2, 0.25) is 0 Å². The van der Waals surface area contributed by atoms with Gasteiger partial charge in [0.15, 0.2) is 0 Å². The van der Waals surface area contributed by atoms with E-state index in [1.807, 2.05) is 30.3 Å². The van der Waals surface area contributed by atoms with Gasteiger partial charge in [-0.15, -0.1) is 0 Å². The average molecular weight is 347 g/mol. The summed E-state index contributed by atoms with van der Waals surface area (Å²) in [5.74, 6) is -1.55. The van der Waals surface area contributed by atoms with Crippen LogP contribution in [0.25, 0.3) is 0 Å². The fraction of sp³-hybridized carbons (Fsp3) is 0.500. The van der Waals surface area contributed by atoms with Crippen molar-refractivity contribution in [3.05, 3.63) is 35.9 Å². The molecule has 7 heteroatoms. The highest BCUT2D eigenvalue weighted by Gasteiger charge is 2.30. The molecular weight excluding hydrogens is 322 g/mol. The number of piperidine rings is 1.